The highest BCUT2D eigenvalue weighted by atomic mass is 16.5. The fraction of sp³-hybridized carbons (Fsp3) is 0.533. The van der Waals surface area contributed by atoms with Crippen molar-refractivity contribution in [2.75, 3.05) is 50.9 Å². The number of nitrogens with two attached hydrogens (primary N) is 1. The van der Waals surface area contributed by atoms with Crippen LogP contribution >= 0.6 is 0 Å². The number of hydrogen-bond donors (Lipinski definition) is 2. The van der Waals surface area contributed by atoms with Crippen molar-refractivity contribution in [1.29, 1.82) is 0 Å². The highest BCUT2D eigenvalue weighted by Gasteiger charge is 2.18. The van der Waals surface area contributed by atoms with Crippen molar-refractivity contribution in [3.63, 3.8) is 0 Å². The van der Waals surface area contributed by atoms with Crippen LogP contribution in [0.25, 0.3) is 0 Å². The molecule has 1 heterocycles. The van der Waals surface area contributed by atoms with Crippen molar-refractivity contribution < 1.29 is 14.3 Å². The molecule has 1 aromatic carbocycles. The van der Waals surface area contributed by atoms with Gasteiger partial charge in [-0.3, -0.25) is 0 Å². The molecule has 1 aliphatic heterocycles. The van der Waals surface area contributed by atoms with E-state index in [1.54, 1.807) is 19.1 Å². The predicted molar refractivity (Wildman–Crippen MR) is 82.5 cm³/mol. The van der Waals surface area contributed by atoms with Crippen LogP contribution in [0, 0.1) is 0 Å². The lowest BCUT2D eigenvalue weighted by molar-refractivity contribution is -0.0117. The summed E-state index contributed by atoms with van der Waals surface area (Å²) in [4.78, 5) is 14.0. The van der Waals surface area contributed by atoms with Gasteiger partial charge in [0.15, 0.2) is 0 Å². The molecule has 6 nitrogen and oxygen atoms in total. The molecule has 0 radical (unpaired) electrons. The highest BCUT2D eigenvalue weighted by molar-refractivity contribution is 5.96. The smallest absolute Gasteiger partial charge is 0.340 e. The van der Waals surface area contributed by atoms with Gasteiger partial charge in [-0.15, -0.1) is 0 Å². The lowest BCUT2D eigenvalue weighted by Crippen LogP contribution is -2.43. The maximum absolute atomic E-state index is 11.8. The van der Waals surface area contributed by atoms with Crippen molar-refractivity contribution in [2.45, 2.75) is 13.0 Å². The number of carbonyl (C=O) groups excluding carboxylic acids is 1. The van der Waals surface area contributed by atoms with Gasteiger partial charge in [0, 0.05) is 31.0 Å². The van der Waals surface area contributed by atoms with Crippen molar-refractivity contribution in [2.24, 2.45) is 0 Å². The maximum atomic E-state index is 11.8. The number of rotatable bonds is 5. The predicted octanol–water partition coefficient (Wildman–Crippen LogP) is 1.19. The Balaban J connectivity index is 1.97. The second kappa shape index (κ2) is 7.28. The number of esters is 1. The molecule has 1 fully saturated rings. The average molecular weight is 293 g/mol. The zero-order chi connectivity index (χ0) is 15.2. The Bertz CT molecular complexity index is 493. The van der Waals surface area contributed by atoms with Crippen molar-refractivity contribution >= 4 is 17.3 Å². The largest absolute Gasteiger partial charge is 0.462 e. The molecular weight excluding hydrogens is 270 g/mol. The van der Waals surface area contributed by atoms with Crippen LogP contribution in [0.2, 0.25) is 0 Å². The van der Waals surface area contributed by atoms with E-state index in [2.05, 4.69) is 17.3 Å². The molecule has 2 rings (SSSR count). The summed E-state index contributed by atoms with van der Waals surface area (Å²) in [6.07, 6.45) is 0.146. The van der Waals surface area contributed by atoms with E-state index >= 15 is 0 Å². The topological polar surface area (TPSA) is 76.8 Å². The summed E-state index contributed by atoms with van der Waals surface area (Å²) >= 11 is 0. The average Bonchev–Trinajstić information content (AvgIpc) is 2.46. The van der Waals surface area contributed by atoms with Gasteiger partial charge in [-0.05, 0) is 32.2 Å². The lowest BCUT2D eigenvalue weighted by Gasteiger charge is -2.30. The van der Waals surface area contributed by atoms with Gasteiger partial charge in [0.1, 0.15) is 0 Å². The van der Waals surface area contributed by atoms with Crippen LogP contribution in [-0.2, 0) is 9.47 Å². The number of carbonyl (C=O) groups is 1. The minimum absolute atomic E-state index is 0.146. The number of nitrogen functional groups attached to an aromatic ring is 1. The minimum atomic E-state index is -0.396. The molecule has 6 heteroatoms. The number of ether oxygens (including phenoxy) is 2. The summed E-state index contributed by atoms with van der Waals surface area (Å²) in [5.74, 6) is -0.396. The molecule has 0 spiro atoms. The first-order valence-corrected chi connectivity index (χ1v) is 7.20. The van der Waals surface area contributed by atoms with E-state index in [4.69, 9.17) is 15.2 Å². The molecule has 0 aliphatic carbocycles. The third kappa shape index (κ3) is 4.34. The quantitative estimate of drug-likeness (QED) is 0.627. The first kappa shape index (κ1) is 15.6. The Morgan fingerprint density at radius 2 is 2.38 bits per heavy atom. The number of likely N-dealkylation sites (N-methyl/N-ethyl adjacent to an activating group) is 1. The Morgan fingerprint density at radius 3 is 3.10 bits per heavy atom. The summed E-state index contributed by atoms with van der Waals surface area (Å²) in [6.45, 7) is 5.40. The normalized spacial score (nSPS) is 19.2. The molecule has 1 unspecified atom stereocenters. The fourth-order valence-electron chi connectivity index (χ4n) is 2.27. The van der Waals surface area contributed by atoms with Gasteiger partial charge in [0.25, 0.3) is 0 Å². The Hall–Kier alpha value is -1.79. The van der Waals surface area contributed by atoms with Crippen LogP contribution in [0.3, 0.4) is 0 Å². The van der Waals surface area contributed by atoms with E-state index in [-0.39, 0.29) is 6.10 Å². The summed E-state index contributed by atoms with van der Waals surface area (Å²) in [5, 5.41) is 3.28. The van der Waals surface area contributed by atoms with Crippen LogP contribution in [0.1, 0.15) is 17.3 Å². The van der Waals surface area contributed by atoms with Crippen LogP contribution in [0.15, 0.2) is 18.2 Å². The van der Waals surface area contributed by atoms with Gasteiger partial charge in [0.05, 0.1) is 24.9 Å². The monoisotopic (exact) mass is 293 g/mol. The summed E-state index contributed by atoms with van der Waals surface area (Å²) in [5.41, 5.74) is 7.47. The SMILES string of the molecule is CCOC(=O)c1cc(NCC2CN(C)CCO2)ccc1N. The van der Waals surface area contributed by atoms with Gasteiger partial charge in [-0.2, -0.15) is 0 Å². The molecule has 1 atom stereocenters. The Morgan fingerprint density at radius 1 is 1.57 bits per heavy atom. The second-order valence-corrected chi connectivity index (χ2v) is 5.16. The summed E-state index contributed by atoms with van der Waals surface area (Å²) in [6, 6.07) is 5.28. The summed E-state index contributed by atoms with van der Waals surface area (Å²) < 4.78 is 10.7. The standard InChI is InChI=1S/C15H23N3O3/c1-3-20-15(19)13-8-11(4-5-14(13)16)17-9-12-10-18(2)6-7-21-12/h4-5,8,12,17H,3,6-7,9-10,16H2,1-2H3. The minimum Gasteiger partial charge on any atom is -0.462 e. The molecule has 0 bridgehead atoms. The van der Waals surface area contributed by atoms with Gasteiger partial charge in [-0.25, -0.2) is 4.79 Å². The zero-order valence-electron chi connectivity index (χ0n) is 12.6. The Kier molecular flexibility index (Phi) is 5.41. The number of nitrogens with zero attached hydrogens (tertiary/aromatic N) is 1. The number of anilines is 2. The van der Waals surface area contributed by atoms with Gasteiger partial charge >= 0.3 is 5.97 Å². The first-order chi connectivity index (χ1) is 10.1. The molecule has 1 saturated heterocycles. The van der Waals surface area contributed by atoms with Crippen LogP contribution in [0.5, 0.6) is 0 Å². The molecule has 0 saturated carbocycles. The molecule has 1 aliphatic rings. The third-order valence-corrected chi connectivity index (χ3v) is 3.42. The van der Waals surface area contributed by atoms with Crippen LogP contribution in [-0.4, -0.2) is 56.9 Å². The van der Waals surface area contributed by atoms with E-state index in [0.717, 1.165) is 25.4 Å². The highest BCUT2D eigenvalue weighted by Crippen LogP contribution is 2.19. The number of morpholine rings is 1. The number of hydrogen-bond acceptors (Lipinski definition) is 6. The van der Waals surface area contributed by atoms with E-state index in [9.17, 15) is 4.79 Å². The number of benzene rings is 1. The molecule has 3 N–H and O–H groups in total. The second-order valence-electron chi connectivity index (χ2n) is 5.16. The van der Waals surface area contributed by atoms with Gasteiger partial charge in [0.2, 0.25) is 0 Å². The fourth-order valence-corrected chi connectivity index (χ4v) is 2.27. The van der Waals surface area contributed by atoms with Crippen molar-refractivity contribution in [1.82, 2.24) is 4.90 Å². The van der Waals surface area contributed by atoms with E-state index in [0.29, 0.717) is 24.4 Å². The van der Waals surface area contributed by atoms with Crippen molar-refractivity contribution in [3.05, 3.63) is 23.8 Å². The van der Waals surface area contributed by atoms with E-state index < -0.39 is 5.97 Å². The first-order valence-electron chi connectivity index (χ1n) is 7.20. The molecule has 1 aromatic rings. The zero-order valence-corrected chi connectivity index (χ0v) is 12.6. The van der Waals surface area contributed by atoms with Crippen LogP contribution < -0.4 is 11.1 Å². The maximum Gasteiger partial charge on any atom is 0.340 e. The molecule has 0 amide bonds. The molecular formula is C15H23N3O3. The Labute approximate surface area is 125 Å². The number of nitrogens with one attached hydrogen (secondary N) is 1. The molecule has 0 aromatic heterocycles. The van der Waals surface area contributed by atoms with E-state index in [1.807, 2.05) is 6.07 Å². The molecule has 21 heavy (non-hydrogen) atoms. The summed E-state index contributed by atoms with van der Waals surface area (Å²) in [7, 11) is 2.08. The lowest BCUT2D eigenvalue weighted by atomic mass is 10.1. The van der Waals surface area contributed by atoms with Crippen molar-refractivity contribution in [3.8, 4) is 0 Å². The van der Waals surface area contributed by atoms with Gasteiger partial charge in [-0.1, -0.05) is 0 Å². The van der Waals surface area contributed by atoms with Crippen LogP contribution in [0.4, 0.5) is 11.4 Å². The van der Waals surface area contributed by atoms with Gasteiger partial charge < -0.3 is 25.4 Å². The molecule has 116 valence electrons. The third-order valence-electron chi connectivity index (χ3n) is 3.42. The van der Waals surface area contributed by atoms with E-state index in [1.165, 1.54) is 0 Å².